The molecule has 7 nitrogen and oxygen atoms in total. The molecule has 2 aromatic rings. The number of ether oxygens (including phenoxy) is 1. The van der Waals surface area contributed by atoms with E-state index in [1.165, 1.54) is 12.8 Å². The predicted molar refractivity (Wildman–Crippen MR) is 73.5 cm³/mol. The van der Waals surface area contributed by atoms with Gasteiger partial charge in [0.25, 0.3) is 0 Å². The fourth-order valence-corrected chi connectivity index (χ4v) is 2.67. The molecule has 1 heterocycles. The van der Waals surface area contributed by atoms with E-state index in [4.69, 9.17) is 9.84 Å². The minimum Gasteiger partial charge on any atom is -0.482 e. The zero-order valence-electron chi connectivity index (χ0n) is 11.5. The van der Waals surface area contributed by atoms with Crippen LogP contribution in [0.25, 0.3) is 5.69 Å². The van der Waals surface area contributed by atoms with Crippen molar-refractivity contribution in [1.29, 1.82) is 0 Å². The molecule has 7 heteroatoms. The summed E-state index contributed by atoms with van der Waals surface area (Å²) in [5.74, 6) is 0.740. The van der Waals surface area contributed by atoms with Gasteiger partial charge in [-0.05, 0) is 35.4 Å². The number of tetrazole rings is 1. The molecule has 0 spiro atoms. The zero-order chi connectivity index (χ0) is 14.7. The van der Waals surface area contributed by atoms with E-state index in [0.29, 0.717) is 11.7 Å². The van der Waals surface area contributed by atoms with Crippen LogP contribution < -0.4 is 4.74 Å². The van der Waals surface area contributed by atoms with Gasteiger partial charge >= 0.3 is 5.97 Å². The van der Waals surface area contributed by atoms with E-state index in [1.54, 1.807) is 22.9 Å². The maximum absolute atomic E-state index is 10.6. The second kappa shape index (κ2) is 5.90. The number of carboxylic acid groups (broad SMARTS) is 1. The molecule has 0 unspecified atom stereocenters. The predicted octanol–water partition coefficient (Wildman–Crippen LogP) is 1.78. The van der Waals surface area contributed by atoms with Gasteiger partial charge < -0.3 is 9.84 Å². The van der Waals surface area contributed by atoms with E-state index in [2.05, 4.69) is 15.5 Å². The highest BCUT2D eigenvalue weighted by molar-refractivity contribution is 5.68. The first kappa shape index (κ1) is 13.5. The summed E-state index contributed by atoms with van der Waals surface area (Å²) in [5.41, 5.74) is 0.782. The lowest BCUT2D eigenvalue weighted by Crippen LogP contribution is -2.10. The fourth-order valence-electron chi connectivity index (χ4n) is 2.67. The van der Waals surface area contributed by atoms with E-state index >= 15 is 0 Å². The van der Waals surface area contributed by atoms with Crippen molar-refractivity contribution in [2.75, 3.05) is 6.61 Å². The Hall–Kier alpha value is -2.44. The summed E-state index contributed by atoms with van der Waals surface area (Å²) in [7, 11) is 0. The Morgan fingerprint density at radius 3 is 2.95 bits per heavy atom. The maximum Gasteiger partial charge on any atom is 0.341 e. The minimum atomic E-state index is -1.01. The lowest BCUT2D eigenvalue weighted by Gasteiger charge is -2.10. The third kappa shape index (κ3) is 3.01. The molecule has 0 aliphatic heterocycles. The van der Waals surface area contributed by atoms with Gasteiger partial charge in [-0.2, -0.15) is 4.68 Å². The molecule has 0 atom stereocenters. The van der Waals surface area contributed by atoms with Gasteiger partial charge in [-0.1, -0.05) is 18.9 Å². The molecule has 1 N–H and O–H groups in total. The summed E-state index contributed by atoms with van der Waals surface area (Å²) in [4.78, 5) is 10.6. The molecule has 3 rings (SSSR count). The van der Waals surface area contributed by atoms with Crippen LogP contribution in [0.1, 0.15) is 37.4 Å². The topological polar surface area (TPSA) is 90.1 Å². The Morgan fingerprint density at radius 1 is 1.38 bits per heavy atom. The Morgan fingerprint density at radius 2 is 2.19 bits per heavy atom. The molecule has 110 valence electrons. The third-order valence-corrected chi connectivity index (χ3v) is 3.64. The van der Waals surface area contributed by atoms with Crippen LogP contribution in [-0.2, 0) is 4.79 Å². The number of aliphatic carboxylic acids is 1. The molecule has 0 radical (unpaired) electrons. The SMILES string of the molecule is O=C(O)COc1cccc(-n2nnnc2C2CCCC2)c1. The number of hydrogen-bond acceptors (Lipinski definition) is 5. The Kier molecular flexibility index (Phi) is 3.81. The van der Waals surface area contributed by atoms with Gasteiger partial charge in [0.15, 0.2) is 12.4 Å². The lowest BCUT2D eigenvalue weighted by molar-refractivity contribution is -0.139. The van der Waals surface area contributed by atoms with Crippen molar-refractivity contribution in [2.24, 2.45) is 0 Å². The van der Waals surface area contributed by atoms with Crippen molar-refractivity contribution in [3.05, 3.63) is 30.1 Å². The fraction of sp³-hybridized carbons (Fsp3) is 0.429. The first-order valence-electron chi connectivity index (χ1n) is 6.97. The molecule has 0 saturated heterocycles. The van der Waals surface area contributed by atoms with E-state index in [0.717, 1.165) is 24.4 Å². The van der Waals surface area contributed by atoms with Crippen LogP contribution in [0.4, 0.5) is 0 Å². The van der Waals surface area contributed by atoms with E-state index in [9.17, 15) is 4.79 Å². The van der Waals surface area contributed by atoms with E-state index in [-0.39, 0.29) is 6.61 Å². The monoisotopic (exact) mass is 288 g/mol. The second-order valence-electron chi connectivity index (χ2n) is 5.11. The number of hydrogen-bond donors (Lipinski definition) is 1. The van der Waals surface area contributed by atoms with Crippen LogP contribution in [0.2, 0.25) is 0 Å². The largest absolute Gasteiger partial charge is 0.482 e. The number of benzene rings is 1. The number of aromatic nitrogens is 4. The third-order valence-electron chi connectivity index (χ3n) is 3.64. The lowest BCUT2D eigenvalue weighted by atomic mass is 10.1. The summed E-state index contributed by atoms with van der Waals surface area (Å²) >= 11 is 0. The molecule has 1 aliphatic rings. The van der Waals surface area contributed by atoms with Gasteiger partial charge in [0.05, 0.1) is 5.69 Å². The first-order chi connectivity index (χ1) is 10.2. The van der Waals surface area contributed by atoms with Crippen molar-refractivity contribution in [3.8, 4) is 11.4 Å². The molecule has 1 saturated carbocycles. The van der Waals surface area contributed by atoms with Crippen molar-refractivity contribution < 1.29 is 14.6 Å². The van der Waals surface area contributed by atoms with E-state index in [1.807, 2.05) is 6.07 Å². The number of carboxylic acids is 1. The Balaban J connectivity index is 1.85. The molecular formula is C14H16N4O3. The quantitative estimate of drug-likeness (QED) is 0.902. The highest BCUT2D eigenvalue weighted by atomic mass is 16.5. The van der Waals surface area contributed by atoms with Crippen molar-refractivity contribution >= 4 is 5.97 Å². The average molecular weight is 288 g/mol. The molecular weight excluding hydrogens is 272 g/mol. The smallest absolute Gasteiger partial charge is 0.341 e. The number of carbonyl (C=O) groups is 1. The van der Waals surface area contributed by atoms with Gasteiger partial charge in [-0.25, -0.2) is 4.79 Å². The minimum absolute atomic E-state index is 0.367. The van der Waals surface area contributed by atoms with Gasteiger partial charge in [0.1, 0.15) is 5.75 Å². The van der Waals surface area contributed by atoms with Crippen molar-refractivity contribution in [1.82, 2.24) is 20.2 Å². The summed E-state index contributed by atoms with van der Waals surface area (Å²) < 4.78 is 6.90. The molecule has 0 amide bonds. The summed E-state index contributed by atoms with van der Waals surface area (Å²) in [6.45, 7) is -0.367. The van der Waals surface area contributed by atoms with Gasteiger partial charge in [0, 0.05) is 12.0 Å². The van der Waals surface area contributed by atoms with Gasteiger partial charge in [0.2, 0.25) is 0 Å². The van der Waals surface area contributed by atoms with Crippen LogP contribution in [0.15, 0.2) is 24.3 Å². The van der Waals surface area contributed by atoms with Crippen molar-refractivity contribution in [3.63, 3.8) is 0 Å². The number of nitrogens with zero attached hydrogens (tertiary/aromatic N) is 4. The van der Waals surface area contributed by atoms with Crippen LogP contribution in [0, 0.1) is 0 Å². The molecule has 1 aromatic heterocycles. The molecule has 0 bridgehead atoms. The second-order valence-corrected chi connectivity index (χ2v) is 5.11. The van der Waals surface area contributed by atoms with Gasteiger partial charge in [-0.15, -0.1) is 5.10 Å². The Bertz CT molecular complexity index is 635. The summed E-state index contributed by atoms with van der Waals surface area (Å²) in [5, 5.41) is 20.6. The standard InChI is InChI=1S/C14H16N4O3/c19-13(20)9-21-12-7-3-6-11(8-12)18-14(15-16-17-18)10-4-1-2-5-10/h3,6-8,10H,1-2,4-5,9H2,(H,19,20). The highest BCUT2D eigenvalue weighted by Crippen LogP contribution is 2.33. The van der Waals surface area contributed by atoms with E-state index < -0.39 is 5.97 Å². The summed E-state index contributed by atoms with van der Waals surface area (Å²) in [6.07, 6.45) is 4.63. The molecule has 21 heavy (non-hydrogen) atoms. The van der Waals surface area contributed by atoms with Crippen LogP contribution in [-0.4, -0.2) is 37.9 Å². The summed E-state index contributed by atoms with van der Waals surface area (Å²) in [6, 6.07) is 7.14. The molecule has 1 aliphatic carbocycles. The first-order valence-corrected chi connectivity index (χ1v) is 6.97. The van der Waals surface area contributed by atoms with Crippen molar-refractivity contribution in [2.45, 2.75) is 31.6 Å². The van der Waals surface area contributed by atoms with Crippen LogP contribution in [0.5, 0.6) is 5.75 Å². The van der Waals surface area contributed by atoms with Crippen LogP contribution >= 0.6 is 0 Å². The number of rotatable bonds is 5. The van der Waals surface area contributed by atoms with Crippen LogP contribution in [0.3, 0.4) is 0 Å². The average Bonchev–Trinajstić information content (AvgIpc) is 3.15. The maximum atomic E-state index is 10.6. The zero-order valence-corrected chi connectivity index (χ0v) is 11.5. The molecule has 1 fully saturated rings. The normalized spacial score (nSPS) is 15.2. The molecule has 1 aromatic carbocycles. The Labute approximate surface area is 121 Å². The highest BCUT2D eigenvalue weighted by Gasteiger charge is 2.23. The van der Waals surface area contributed by atoms with Gasteiger partial charge in [-0.3, -0.25) is 0 Å².